The number of carbonyl (C=O) groups is 1. The summed E-state index contributed by atoms with van der Waals surface area (Å²) >= 11 is 0. The van der Waals surface area contributed by atoms with E-state index in [2.05, 4.69) is 15.0 Å². The molecule has 0 bridgehead atoms. The smallest absolute Gasteiger partial charge is 0.339 e. The molecule has 7 heteroatoms. The Bertz CT molecular complexity index is 571. The van der Waals surface area contributed by atoms with Crippen molar-refractivity contribution < 1.29 is 17.9 Å². The molecule has 1 unspecified atom stereocenters. The van der Waals surface area contributed by atoms with Crippen LogP contribution in [0, 0.1) is 0 Å². The van der Waals surface area contributed by atoms with Gasteiger partial charge in [-0.2, -0.15) is 0 Å². The molecule has 0 radical (unpaired) electrons. The van der Waals surface area contributed by atoms with Crippen molar-refractivity contribution in [2.75, 3.05) is 18.6 Å². The van der Waals surface area contributed by atoms with Crippen molar-refractivity contribution >= 4 is 15.8 Å². The van der Waals surface area contributed by atoms with E-state index in [0.29, 0.717) is 24.2 Å². The Morgan fingerprint density at radius 1 is 1.58 bits per heavy atom. The highest BCUT2D eigenvalue weighted by molar-refractivity contribution is 7.91. The topological polar surface area (TPSA) is 85.4 Å². The lowest BCUT2D eigenvalue weighted by Gasteiger charge is -2.12. The van der Waals surface area contributed by atoms with E-state index in [1.807, 2.05) is 0 Å². The molecule has 0 spiro atoms. The molecule has 1 aromatic rings. The van der Waals surface area contributed by atoms with Gasteiger partial charge in [0.15, 0.2) is 9.84 Å². The van der Waals surface area contributed by atoms with Crippen LogP contribution in [-0.2, 0) is 21.1 Å². The van der Waals surface area contributed by atoms with Gasteiger partial charge in [0, 0.05) is 18.8 Å². The summed E-state index contributed by atoms with van der Waals surface area (Å²) < 4.78 is 27.4. The molecule has 1 saturated heterocycles. The van der Waals surface area contributed by atoms with Crippen molar-refractivity contribution in [3.63, 3.8) is 0 Å². The molecule has 0 amide bonds. The van der Waals surface area contributed by atoms with Gasteiger partial charge in [-0.1, -0.05) is 0 Å². The van der Waals surface area contributed by atoms with Crippen LogP contribution in [0.3, 0.4) is 0 Å². The molecule has 0 aromatic carbocycles. The molecule has 6 nitrogen and oxygen atoms in total. The fourth-order valence-corrected chi connectivity index (χ4v) is 3.78. The van der Waals surface area contributed by atoms with Crippen LogP contribution in [0.4, 0.5) is 0 Å². The molecule has 0 aliphatic carbocycles. The van der Waals surface area contributed by atoms with Gasteiger partial charge >= 0.3 is 5.97 Å². The number of hydrogen-bond donors (Lipinski definition) is 1. The summed E-state index contributed by atoms with van der Waals surface area (Å²) in [5, 5.41) is 3.12. The minimum Gasteiger partial charge on any atom is -0.465 e. The molecule has 2 rings (SSSR count). The highest BCUT2D eigenvalue weighted by atomic mass is 32.2. The number of methoxy groups -OCH3 is 1. The van der Waals surface area contributed by atoms with E-state index in [1.54, 1.807) is 18.3 Å². The Labute approximate surface area is 112 Å². The third-order valence-corrected chi connectivity index (χ3v) is 4.85. The van der Waals surface area contributed by atoms with Crippen molar-refractivity contribution in [3.8, 4) is 0 Å². The van der Waals surface area contributed by atoms with Gasteiger partial charge in [-0.05, 0) is 18.6 Å². The SMILES string of the molecule is COC(=O)c1cccnc1CNC1CCS(=O)(=O)C1. The van der Waals surface area contributed by atoms with Gasteiger partial charge in [-0.25, -0.2) is 13.2 Å². The van der Waals surface area contributed by atoms with Crippen LogP contribution < -0.4 is 5.32 Å². The van der Waals surface area contributed by atoms with Crippen LogP contribution in [-0.4, -0.2) is 44.0 Å². The van der Waals surface area contributed by atoms with Crippen molar-refractivity contribution in [2.45, 2.75) is 19.0 Å². The van der Waals surface area contributed by atoms with Crippen LogP contribution in [0.25, 0.3) is 0 Å². The summed E-state index contributed by atoms with van der Waals surface area (Å²) in [6.07, 6.45) is 2.19. The number of esters is 1. The second kappa shape index (κ2) is 5.66. The molecule has 104 valence electrons. The van der Waals surface area contributed by atoms with Crippen molar-refractivity contribution in [3.05, 3.63) is 29.6 Å². The van der Waals surface area contributed by atoms with E-state index in [-0.39, 0.29) is 17.5 Å². The highest BCUT2D eigenvalue weighted by Gasteiger charge is 2.27. The quantitative estimate of drug-likeness (QED) is 0.792. The summed E-state index contributed by atoms with van der Waals surface area (Å²) in [6, 6.07) is 3.23. The summed E-state index contributed by atoms with van der Waals surface area (Å²) in [7, 11) is -1.59. The van der Waals surface area contributed by atoms with E-state index in [1.165, 1.54) is 7.11 Å². The zero-order valence-electron chi connectivity index (χ0n) is 10.6. The van der Waals surface area contributed by atoms with Crippen LogP contribution in [0.2, 0.25) is 0 Å². The van der Waals surface area contributed by atoms with Gasteiger partial charge in [0.25, 0.3) is 0 Å². The molecule has 0 saturated carbocycles. The average molecular weight is 284 g/mol. The van der Waals surface area contributed by atoms with Crippen molar-refractivity contribution in [1.82, 2.24) is 10.3 Å². The number of aromatic nitrogens is 1. The Morgan fingerprint density at radius 2 is 2.37 bits per heavy atom. The number of ether oxygens (including phenoxy) is 1. The van der Waals surface area contributed by atoms with Gasteiger partial charge in [-0.15, -0.1) is 0 Å². The monoisotopic (exact) mass is 284 g/mol. The van der Waals surface area contributed by atoms with Gasteiger partial charge < -0.3 is 10.1 Å². The third-order valence-electron chi connectivity index (χ3n) is 3.09. The van der Waals surface area contributed by atoms with Crippen LogP contribution >= 0.6 is 0 Å². The number of nitrogens with one attached hydrogen (secondary N) is 1. The van der Waals surface area contributed by atoms with E-state index >= 15 is 0 Å². The lowest BCUT2D eigenvalue weighted by Crippen LogP contribution is -2.30. The second-order valence-corrected chi connectivity index (χ2v) is 6.70. The number of rotatable bonds is 4. The standard InChI is InChI=1S/C12H16N2O4S/c1-18-12(15)10-3-2-5-13-11(10)7-14-9-4-6-19(16,17)8-9/h2-3,5,9,14H,4,6-8H2,1H3. The predicted octanol–water partition coefficient (Wildman–Crippen LogP) is 0.145. The van der Waals surface area contributed by atoms with Crippen LogP contribution in [0.15, 0.2) is 18.3 Å². The maximum absolute atomic E-state index is 11.5. The lowest BCUT2D eigenvalue weighted by molar-refractivity contribution is 0.0598. The molecule has 1 fully saturated rings. The maximum Gasteiger partial charge on any atom is 0.339 e. The molecule has 19 heavy (non-hydrogen) atoms. The first kappa shape index (κ1) is 14.0. The number of nitrogens with zero attached hydrogens (tertiary/aromatic N) is 1. The first-order chi connectivity index (χ1) is 9.02. The summed E-state index contributed by atoms with van der Waals surface area (Å²) in [4.78, 5) is 15.7. The summed E-state index contributed by atoms with van der Waals surface area (Å²) in [6.45, 7) is 0.353. The molecule has 1 aliphatic heterocycles. The average Bonchev–Trinajstić information content (AvgIpc) is 2.75. The van der Waals surface area contributed by atoms with Crippen LogP contribution in [0.1, 0.15) is 22.5 Å². The Balaban J connectivity index is 2.02. The summed E-state index contributed by atoms with van der Waals surface area (Å²) in [5.41, 5.74) is 0.969. The third kappa shape index (κ3) is 3.51. The molecule has 1 aliphatic rings. The van der Waals surface area contributed by atoms with Crippen molar-refractivity contribution in [1.29, 1.82) is 0 Å². The number of pyridine rings is 1. The lowest BCUT2D eigenvalue weighted by atomic mass is 10.2. The number of carbonyl (C=O) groups excluding carboxylic acids is 1. The fourth-order valence-electron chi connectivity index (χ4n) is 2.07. The predicted molar refractivity (Wildman–Crippen MR) is 69.5 cm³/mol. The molecule has 1 aromatic heterocycles. The Hall–Kier alpha value is -1.47. The minimum atomic E-state index is -2.91. The first-order valence-corrected chi connectivity index (χ1v) is 7.80. The van der Waals surface area contributed by atoms with Gasteiger partial charge in [0.2, 0.25) is 0 Å². The Kier molecular flexibility index (Phi) is 4.16. The van der Waals surface area contributed by atoms with E-state index < -0.39 is 15.8 Å². The van der Waals surface area contributed by atoms with E-state index in [4.69, 9.17) is 0 Å². The normalized spacial score (nSPS) is 21.2. The Morgan fingerprint density at radius 3 is 3.00 bits per heavy atom. The molecular weight excluding hydrogens is 268 g/mol. The van der Waals surface area contributed by atoms with Gasteiger partial charge in [0.1, 0.15) is 0 Å². The first-order valence-electron chi connectivity index (χ1n) is 5.98. The molecule has 2 heterocycles. The highest BCUT2D eigenvalue weighted by Crippen LogP contribution is 2.13. The zero-order chi connectivity index (χ0) is 13.9. The maximum atomic E-state index is 11.5. The summed E-state index contributed by atoms with van der Waals surface area (Å²) in [5.74, 6) is -0.0756. The molecule has 1 N–H and O–H groups in total. The second-order valence-electron chi connectivity index (χ2n) is 4.47. The number of hydrogen-bond acceptors (Lipinski definition) is 6. The minimum absolute atomic E-state index is 0.0718. The molecular formula is C12H16N2O4S. The van der Waals surface area contributed by atoms with Crippen molar-refractivity contribution in [2.24, 2.45) is 0 Å². The van der Waals surface area contributed by atoms with Gasteiger partial charge in [-0.3, -0.25) is 4.98 Å². The molecule has 1 atom stereocenters. The van der Waals surface area contributed by atoms with E-state index in [9.17, 15) is 13.2 Å². The fraction of sp³-hybridized carbons (Fsp3) is 0.500. The van der Waals surface area contributed by atoms with E-state index in [0.717, 1.165) is 0 Å². The largest absolute Gasteiger partial charge is 0.465 e. The number of sulfone groups is 1. The van der Waals surface area contributed by atoms with Gasteiger partial charge in [0.05, 0.1) is 29.9 Å². The van der Waals surface area contributed by atoms with Crippen LogP contribution in [0.5, 0.6) is 0 Å². The zero-order valence-corrected chi connectivity index (χ0v) is 11.4.